The largest absolute Gasteiger partial charge is 0.324 e. The van der Waals surface area contributed by atoms with E-state index in [2.05, 4.69) is 15.9 Å². The number of hydrogen-bond donors (Lipinski definition) is 1. The van der Waals surface area contributed by atoms with E-state index in [1.165, 1.54) is 0 Å². The third kappa shape index (κ3) is 3.12. The zero-order valence-corrected chi connectivity index (χ0v) is 11.2. The van der Waals surface area contributed by atoms with Crippen LogP contribution in [0.5, 0.6) is 0 Å². The average Bonchev–Trinajstić information content (AvgIpc) is 2.67. The van der Waals surface area contributed by atoms with E-state index in [1.54, 1.807) is 11.3 Å². The summed E-state index contributed by atoms with van der Waals surface area (Å²) in [5.74, 6) is -0.932. The lowest BCUT2D eigenvalue weighted by Gasteiger charge is -2.11. The highest BCUT2D eigenvalue weighted by Crippen LogP contribution is 2.27. The van der Waals surface area contributed by atoms with Gasteiger partial charge in [-0.25, -0.2) is 8.78 Å². The third-order valence-electron chi connectivity index (χ3n) is 2.41. The maximum atomic E-state index is 13.5. The van der Waals surface area contributed by atoms with E-state index in [1.807, 2.05) is 12.1 Å². The molecule has 0 spiro atoms. The van der Waals surface area contributed by atoms with Gasteiger partial charge in [0.05, 0.1) is 3.79 Å². The Labute approximate surface area is 110 Å². The van der Waals surface area contributed by atoms with Gasteiger partial charge in [0.2, 0.25) is 0 Å². The van der Waals surface area contributed by atoms with Crippen LogP contribution in [0.15, 0.2) is 34.1 Å². The van der Waals surface area contributed by atoms with E-state index in [-0.39, 0.29) is 5.56 Å². The highest BCUT2D eigenvalue weighted by Gasteiger charge is 2.14. The summed E-state index contributed by atoms with van der Waals surface area (Å²) in [4.78, 5) is 1.04. The van der Waals surface area contributed by atoms with Gasteiger partial charge in [-0.2, -0.15) is 0 Å². The van der Waals surface area contributed by atoms with Crippen LogP contribution < -0.4 is 5.73 Å². The molecule has 0 aliphatic carbocycles. The van der Waals surface area contributed by atoms with E-state index in [0.29, 0.717) is 6.42 Å². The molecule has 1 aromatic carbocycles. The molecule has 90 valence electrons. The predicted octanol–water partition coefficient (Wildman–Crippen LogP) is 4.03. The van der Waals surface area contributed by atoms with Crippen LogP contribution in [0.4, 0.5) is 8.78 Å². The van der Waals surface area contributed by atoms with Gasteiger partial charge < -0.3 is 5.73 Å². The van der Waals surface area contributed by atoms with Crippen molar-refractivity contribution in [3.05, 3.63) is 56.2 Å². The van der Waals surface area contributed by atoms with Crippen LogP contribution in [0.2, 0.25) is 0 Å². The molecule has 0 fully saturated rings. The van der Waals surface area contributed by atoms with Gasteiger partial charge in [0, 0.05) is 22.9 Å². The van der Waals surface area contributed by atoms with Crippen LogP contribution >= 0.6 is 27.3 Å². The van der Waals surface area contributed by atoms with Crippen molar-refractivity contribution >= 4 is 27.3 Å². The quantitative estimate of drug-likeness (QED) is 0.908. The van der Waals surface area contributed by atoms with Crippen molar-refractivity contribution in [1.82, 2.24) is 0 Å². The number of hydrogen-bond acceptors (Lipinski definition) is 2. The SMILES string of the molecule is NC(Cc1ccc(Br)s1)c1cc(F)ccc1F. The molecule has 2 rings (SSSR count). The highest BCUT2D eigenvalue weighted by atomic mass is 79.9. The maximum Gasteiger partial charge on any atom is 0.128 e. The average molecular weight is 318 g/mol. The molecule has 1 nitrogen and oxygen atoms in total. The van der Waals surface area contributed by atoms with E-state index >= 15 is 0 Å². The molecule has 0 aliphatic rings. The van der Waals surface area contributed by atoms with Crippen molar-refractivity contribution in [2.24, 2.45) is 5.73 Å². The summed E-state index contributed by atoms with van der Waals surface area (Å²) in [6.45, 7) is 0. The van der Waals surface area contributed by atoms with Crippen molar-refractivity contribution in [3.8, 4) is 0 Å². The lowest BCUT2D eigenvalue weighted by molar-refractivity contribution is 0.562. The second-order valence-corrected chi connectivity index (χ2v) is 6.23. The van der Waals surface area contributed by atoms with Crippen molar-refractivity contribution in [2.45, 2.75) is 12.5 Å². The summed E-state index contributed by atoms with van der Waals surface area (Å²) in [5, 5.41) is 0. The predicted molar refractivity (Wildman–Crippen MR) is 69.0 cm³/mol. The molecule has 0 amide bonds. The minimum Gasteiger partial charge on any atom is -0.324 e. The molecule has 0 saturated carbocycles. The number of nitrogens with two attached hydrogens (primary N) is 1. The summed E-state index contributed by atoms with van der Waals surface area (Å²) in [6.07, 6.45) is 0.497. The van der Waals surface area contributed by atoms with Crippen LogP contribution in [0.3, 0.4) is 0 Å². The Hall–Kier alpha value is -0.780. The van der Waals surface area contributed by atoms with Gasteiger partial charge in [0.25, 0.3) is 0 Å². The normalized spacial score (nSPS) is 12.7. The molecule has 1 unspecified atom stereocenters. The van der Waals surface area contributed by atoms with Crippen molar-refractivity contribution in [1.29, 1.82) is 0 Å². The Balaban J connectivity index is 2.19. The summed E-state index contributed by atoms with van der Waals surface area (Å²) in [7, 11) is 0. The number of rotatable bonds is 3. The fourth-order valence-corrected chi connectivity index (χ4v) is 3.13. The van der Waals surface area contributed by atoms with Crippen LogP contribution in [0, 0.1) is 11.6 Å². The van der Waals surface area contributed by atoms with Crippen molar-refractivity contribution in [2.75, 3.05) is 0 Å². The molecule has 0 saturated heterocycles. The van der Waals surface area contributed by atoms with Crippen LogP contribution in [-0.2, 0) is 6.42 Å². The fourth-order valence-electron chi connectivity index (χ4n) is 1.59. The van der Waals surface area contributed by atoms with Crippen LogP contribution in [0.25, 0.3) is 0 Å². The first kappa shape index (κ1) is 12.7. The topological polar surface area (TPSA) is 26.0 Å². The minimum absolute atomic E-state index is 0.217. The summed E-state index contributed by atoms with van der Waals surface area (Å²) in [6, 6.07) is 6.65. The lowest BCUT2D eigenvalue weighted by atomic mass is 10.0. The minimum atomic E-state index is -0.531. The first-order valence-electron chi connectivity index (χ1n) is 5.01. The van der Waals surface area contributed by atoms with E-state index in [9.17, 15) is 8.78 Å². The monoisotopic (exact) mass is 317 g/mol. The van der Waals surface area contributed by atoms with Crippen molar-refractivity contribution in [3.63, 3.8) is 0 Å². The molecule has 1 atom stereocenters. The molecule has 17 heavy (non-hydrogen) atoms. The maximum absolute atomic E-state index is 13.5. The zero-order chi connectivity index (χ0) is 12.4. The summed E-state index contributed by atoms with van der Waals surface area (Å²) >= 11 is 4.89. The van der Waals surface area contributed by atoms with E-state index < -0.39 is 17.7 Å². The van der Waals surface area contributed by atoms with Crippen LogP contribution in [-0.4, -0.2) is 0 Å². The Morgan fingerprint density at radius 3 is 2.65 bits per heavy atom. The molecule has 2 aromatic rings. The first-order chi connectivity index (χ1) is 8.06. The molecular weight excluding hydrogens is 308 g/mol. The number of thiophene rings is 1. The Kier molecular flexibility index (Phi) is 3.91. The second-order valence-electron chi connectivity index (χ2n) is 3.68. The fraction of sp³-hybridized carbons (Fsp3) is 0.167. The number of halogens is 3. The standard InChI is InChI=1S/C12H10BrF2NS/c13-12-4-2-8(17-12)6-11(16)9-5-7(14)1-3-10(9)15/h1-5,11H,6,16H2. The van der Waals surface area contributed by atoms with Gasteiger partial charge in [-0.05, 0) is 46.3 Å². The molecule has 0 radical (unpaired) electrons. The smallest absolute Gasteiger partial charge is 0.128 e. The number of benzene rings is 1. The van der Waals surface area contributed by atoms with Crippen molar-refractivity contribution < 1.29 is 8.78 Å². The van der Waals surface area contributed by atoms with Gasteiger partial charge in [-0.1, -0.05) is 0 Å². The molecule has 1 aromatic heterocycles. The Bertz CT molecular complexity index is 527. The van der Waals surface area contributed by atoms with Gasteiger partial charge in [0.1, 0.15) is 11.6 Å². The van der Waals surface area contributed by atoms with Gasteiger partial charge >= 0.3 is 0 Å². The summed E-state index contributed by atoms with van der Waals surface area (Å²) < 4.78 is 27.5. The molecule has 0 aliphatic heterocycles. The van der Waals surface area contributed by atoms with E-state index in [4.69, 9.17) is 5.73 Å². The summed E-state index contributed by atoms with van der Waals surface area (Å²) in [5.41, 5.74) is 6.11. The highest BCUT2D eigenvalue weighted by molar-refractivity contribution is 9.11. The molecule has 1 heterocycles. The lowest BCUT2D eigenvalue weighted by Crippen LogP contribution is -2.14. The van der Waals surface area contributed by atoms with Gasteiger partial charge in [-0.3, -0.25) is 0 Å². The molecule has 2 N–H and O–H groups in total. The molecule has 0 bridgehead atoms. The van der Waals surface area contributed by atoms with Gasteiger partial charge in [0.15, 0.2) is 0 Å². The van der Waals surface area contributed by atoms with E-state index in [0.717, 1.165) is 26.9 Å². The second kappa shape index (κ2) is 5.25. The third-order valence-corrected chi connectivity index (χ3v) is 4.05. The van der Waals surface area contributed by atoms with Crippen LogP contribution in [0.1, 0.15) is 16.5 Å². The first-order valence-corrected chi connectivity index (χ1v) is 6.62. The Morgan fingerprint density at radius 2 is 2.00 bits per heavy atom. The molecular formula is C12H10BrF2NS. The molecule has 5 heteroatoms. The Morgan fingerprint density at radius 1 is 1.24 bits per heavy atom. The van der Waals surface area contributed by atoms with Gasteiger partial charge in [-0.15, -0.1) is 11.3 Å². The zero-order valence-electron chi connectivity index (χ0n) is 8.79.